The second-order valence-corrected chi connectivity index (χ2v) is 4.38. The Kier molecular flexibility index (Phi) is 4.67. The predicted molar refractivity (Wildman–Crippen MR) is 49.5 cm³/mol. The van der Waals surface area contributed by atoms with Crippen LogP contribution in [0.2, 0.25) is 0 Å². The van der Waals surface area contributed by atoms with Crippen LogP contribution in [0.3, 0.4) is 0 Å². The molecule has 0 aromatic rings. The van der Waals surface area contributed by atoms with Crippen molar-refractivity contribution >= 4 is 5.91 Å². The molecule has 108 valence electrons. The summed E-state index contributed by atoms with van der Waals surface area (Å²) in [7, 11) is 0.781. The first-order chi connectivity index (χ1) is 7.75. The maximum atomic E-state index is 12.3. The summed E-state index contributed by atoms with van der Waals surface area (Å²) < 4.78 is 73.7. The van der Waals surface area contributed by atoms with Gasteiger partial charge in [-0.25, -0.2) is 0 Å². The van der Waals surface area contributed by atoms with E-state index >= 15 is 0 Å². The number of rotatable bonds is 3. The van der Waals surface area contributed by atoms with Crippen molar-refractivity contribution in [2.45, 2.75) is 31.7 Å². The molecule has 18 heavy (non-hydrogen) atoms. The number of carbonyl (C=O) groups excluding carboxylic acids is 1. The highest BCUT2D eigenvalue weighted by Gasteiger charge is 2.62. The maximum Gasteiger partial charge on any atom is 0.409 e. The van der Waals surface area contributed by atoms with E-state index in [1.54, 1.807) is 0 Å². The van der Waals surface area contributed by atoms with Crippen molar-refractivity contribution in [3.8, 4) is 0 Å². The molecule has 0 aliphatic heterocycles. The molecule has 0 rings (SSSR count). The molecule has 0 saturated heterocycles. The summed E-state index contributed by atoms with van der Waals surface area (Å²) in [6.45, 7) is 1.53. The van der Waals surface area contributed by atoms with Crippen molar-refractivity contribution in [2.75, 3.05) is 13.7 Å². The fraction of sp³-hybridized carbons (Fsp3) is 0.889. The largest absolute Gasteiger partial charge is 0.409 e. The number of aliphatic hydroxyl groups is 1. The number of amides is 1. The molecule has 0 aliphatic rings. The zero-order valence-corrected chi connectivity index (χ0v) is 9.85. The van der Waals surface area contributed by atoms with Gasteiger partial charge >= 0.3 is 12.4 Å². The van der Waals surface area contributed by atoms with Crippen molar-refractivity contribution in [3.05, 3.63) is 0 Å². The van der Waals surface area contributed by atoms with Crippen molar-refractivity contribution in [2.24, 2.45) is 5.92 Å². The van der Waals surface area contributed by atoms with Gasteiger partial charge in [0.25, 0.3) is 0 Å². The normalized spacial score (nSPS) is 13.9. The van der Waals surface area contributed by atoms with Gasteiger partial charge in [0.15, 0.2) is 0 Å². The first kappa shape index (κ1) is 17.0. The van der Waals surface area contributed by atoms with Crippen LogP contribution in [0.5, 0.6) is 0 Å². The number of likely N-dealkylation sites (N-methyl/N-ethyl adjacent to an activating group) is 1. The molecule has 3 nitrogen and oxygen atoms in total. The Balaban J connectivity index is 5.37. The molecule has 0 spiro atoms. The SMILES string of the molecule is CN(C(=O)C(C(F)(F)F)C(F)(F)F)C(C)(C)CO. The summed E-state index contributed by atoms with van der Waals surface area (Å²) in [5, 5.41) is 8.84. The lowest BCUT2D eigenvalue weighted by Crippen LogP contribution is -2.55. The third-order valence-corrected chi connectivity index (χ3v) is 2.53. The Labute approximate surface area is 99.4 Å². The Morgan fingerprint density at radius 2 is 1.44 bits per heavy atom. The smallest absolute Gasteiger partial charge is 0.394 e. The number of carbonyl (C=O) groups is 1. The lowest BCUT2D eigenvalue weighted by atomic mass is 10.0. The van der Waals surface area contributed by atoms with Crippen LogP contribution in [0, 0.1) is 5.92 Å². The Morgan fingerprint density at radius 3 is 1.67 bits per heavy atom. The van der Waals surface area contributed by atoms with E-state index in [0.29, 0.717) is 0 Å². The van der Waals surface area contributed by atoms with Crippen LogP contribution in [0.1, 0.15) is 13.8 Å². The Bertz CT molecular complexity index is 295. The summed E-state index contributed by atoms with van der Waals surface area (Å²) in [6.07, 6.45) is -11.5. The molecule has 0 saturated carbocycles. The predicted octanol–water partition coefficient (Wildman–Crippen LogP) is 1.96. The number of halogens is 6. The van der Waals surface area contributed by atoms with Crippen LogP contribution in [-0.2, 0) is 4.79 Å². The van der Waals surface area contributed by atoms with Gasteiger partial charge in [0.1, 0.15) is 0 Å². The lowest BCUT2D eigenvalue weighted by molar-refractivity contribution is -0.278. The quantitative estimate of drug-likeness (QED) is 0.803. The van der Waals surface area contributed by atoms with Gasteiger partial charge in [-0.05, 0) is 13.8 Å². The topological polar surface area (TPSA) is 40.5 Å². The number of hydrogen-bond donors (Lipinski definition) is 1. The third-order valence-electron chi connectivity index (χ3n) is 2.53. The van der Waals surface area contributed by atoms with E-state index in [2.05, 4.69) is 0 Å². The second kappa shape index (κ2) is 4.94. The minimum absolute atomic E-state index is 0.249. The van der Waals surface area contributed by atoms with Crippen LogP contribution in [0.4, 0.5) is 26.3 Å². The van der Waals surface area contributed by atoms with E-state index in [0.717, 1.165) is 20.9 Å². The Morgan fingerprint density at radius 1 is 1.11 bits per heavy atom. The summed E-state index contributed by atoms with van der Waals surface area (Å²) in [5.41, 5.74) is -1.52. The lowest BCUT2D eigenvalue weighted by Gasteiger charge is -2.37. The van der Waals surface area contributed by atoms with Crippen LogP contribution < -0.4 is 0 Å². The molecule has 0 unspecified atom stereocenters. The van der Waals surface area contributed by atoms with Gasteiger partial charge in [0, 0.05) is 7.05 Å². The van der Waals surface area contributed by atoms with E-state index in [-0.39, 0.29) is 4.90 Å². The first-order valence-electron chi connectivity index (χ1n) is 4.77. The molecule has 1 N–H and O–H groups in total. The van der Waals surface area contributed by atoms with Crippen LogP contribution in [0.25, 0.3) is 0 Å². The van der Waals surface area contributed by atoms with E-state index in [9.17, 15) is 31.1 Å². The summed E-state index contributed by atoms with van der Waals surface area (Å²) in [5.74, 6) is -6.23. The highest BCUT2D eigenvalue weighted by atomic mass is 19.4. The summed E-state index contributed by atoms with van der Waals surface area (Å²) in [4.78, 5) is 11.6. The minimum Gasteiger partial charge on any atom is -0.394 e. The van der Waals surface area contributed by atoms with Crippen LogP contribution in [0.15, 0.2) is 0 Å². The average molecular weight is 281 g/mol. The molecule has 0 aromatic carbocycles. The standard InChI is InChI=1S/C9H13F6NO2/c1-7(2,4-17)16(3)6(18)5(8(10,11)12)9(13,14)15/h5,17H,4H2,1-3H3. The number of hydrogen-bond acceptors (Lipinski definition) is 2. The van der Waals surface area contributed by atoms with Gasteiger partial charge in [-0.2, -0.15) is 26.3 Å². The summed E-state index contributed by atoms with van der Waals surface area (Å²) >= 11 is 0. The number of alkyl halides is 6. The number of aliphatic hydroxyl groups excluding tert-OH is 1. The minimum atomic E-state index is -5.73. The van der Waals surface area contributed by atoms with E-state index < -0.39 is 36.3 Å². The summed E-state index contributed by atoms with van der Waals surface area (Å²) in [6, 6.07) is 0. The van der Waals surface area contributed by atoms with Gasteiger partial charge in [-0.3, -0.25) is 4.79 Å². The fourth-order valence-corrected chi connectivity index (χ4v) is 1.06. The van der Waals surface area contributed by atoms with Gasteiger partial charge in [0.05, 0.1) is 12.1 Å². The molecule has 1 amide bonds. The van der Waals surface area contributed by atoms with Crippen LogP contribution >= 0.6 is 0 Å². The fourth-order valence-electron chi connectivity index (χ4n) is 1.06. The molecule has 0 fully saturated rings. The van der Waals surface area contributed by atoms with Crippen molar-refractivity contribution in [1.82, 2.24) is 4.90 Å². The molecular formula is C9H13F6NO2. The second-order valence-electron chi connectivity index (χ2n) is 4.38. The van der Waals surface area contributed by atoms with Crippen molar-refractivity contribution < 1.29 is 36.2 Å². The zero-order valence-electron chi connectivity index (χ0n) is 9.85. The van der Waals surface area contributed by atoms with Crippen LogP contribution in [-0.4, -0.2) is 47.5 Å². The van der Waals surface area contributed by atoms with Gasteiger partial charge < -0.3 is 10.0 Å². The third kappa shape index (κ3) is 3.76. The van der Waals surface area contributed by atoms with Crippen molar-refractivity contribution in [3.63, 3.8) is 0 Å². The van der Waals surface area contributed by atoms with E-state index in [1.807, 2.05) is 0 Å². The molecule has 0 radical (unpaired) electrons. The first-order valence-corrected chi connectivity index (χ1v) is 4.77. The average Bonchev–Trinajstić information content (AvgIpc) is 2.11. The van der Waals surface area contributed by atoms with Gasteiger partial charge in [-0.1, -0.05) is 0 Å². The molecule has 0 aromatic heterocycles. The molecule has 9 heteroatoms. The van der Waals surface area contributed by atoms with E-state index in [1.165, 1.54) is 0 Å². The molecule has 0 bridgehead atoms. The monoisotopic (exact) mass is 281 g/mol. The van der Waals surface area contributed by atoms with Crippen molar-refractivity contribution in [1.29, 1.82) is 0 Å². The number of nitrogens with zero attached hydrogens (tertiary/aromatic N) is 1. The maximum absolute atomic E-state index is 12.3. The molecule has 0 aliphatic carbocycles. The molecular weight excluding hydrogens is 268 g/mol. The van der Waals surface area contributed by atoms with Gasteiger partial charge in [-0.15, -0.1) is 0 Å². The molecule has 0 heterocycles. The van der Waals surface area contributed by atoms with Gasteiger partial charge in [0.2, 0.25) is 11.8 Å². The van der Waals surface area contributed by atoms with E-state index in [4.69, 9.17) is 5.11 Å². The Hall–Kier alpha value is -0.990. The molecule has 0 atom stereocenters. The highest BCUT2D eigenvalue weighted by Crippen LogP contribution is 2.40. The zero-order chi connectivity index (χ0) is 14.9. The highest BCUT2D eigenvalue weighted by molar-refractivity contribution is 5.81.